The Morgan fingerprint density at radius 3 is 1.20 bits per heavy atom. The summed E-state index contributed by atoms with van der Waals surface area (Å²) in [6.45, 7) is 5.04. The van der Waals surface area contributed by atoms with Crippen LogP contribution in [0, 0.1) is 0 Å². The van der Waals surface area contributed by atoms with E-state index in [4.69, 9.17) is 67.9 Å². The van der Waals surface area contributed by atoms with Crippen LogP contribution in [0.4, 0.5) is 0 Å². The number of halogens is 5. The summed E-state index contributed by atoms with van der Waals surface area (Å²) in [7, 11) is -1.61. The van der Waals surface area contributed by atoms with Crippen molar-refractivity contribution >= 4 is 66.3 Å². The van der Waals surface area contributed by atoms with Crippen LogP contribution in [0.3, 0.4) is 0 Å². The summed E-state index contributed by atoms with van der Waals surface area (Å²) in [5.41, 5.74) is 0. The predicted molar refractivity (Wildman–Crippen MR) is 67.4 cm³/mol. The van der Waals surface area contributed by atoms with Crippen LogP contribution in [0.25, 0.3) is 0 Å². The zero-order chi connectivity index (χ0) is 12.2. The van der Waals surface area contributed by atoms with Crippen molar-refractivity contribution < 1.29 is 29.4 Å². The van der Waals surface area contributed by atoms with Gasteiger partial charge in [-0.1, -0.05) is 58.0 Å². The maximum Gasteiger partial charge on any atom is 0.225 e. The molecule has 0 aliphatic carbocycles. The predicted octanol–water partition coefficient (Wildman–Crippen LogP) is 3.33. The smallest absolute Gasteiger partial charge is 0.225 e. The minimum atomic E-state index is -1.86. The summed E-state index contributed by atoms with van der Waals surface area (Å²) in [6, 6.07) is 0. The molecule has 0 fully saturated rings. The number of hydrogen-bond acceptors (Lipinski definition) is 2. The van der Waals surface area contributed by atoms with Crippen molar-refractivity contribution in [1.29, 1.82) is 0 Å². The topological polar surface area (TPSA) is 40.5 Å². The molecule has 0 aliphatic heterocycles. The van der Waals surface area contributed by atoms with Crippen LogP contribution < -0.4 is 0 Å². The van der Waals surface area contributed by atoms with Crippen molar-refractivity contribution in [2.24, 2.45) is 0 Å². The van der Waals surface area contributed by atoms with E-state index in [1.165, 1.54) is 0 Å². The van der Waals surface area contributed by atoms with Gasteiger partial charge in [-0.05, 0) is 19.6 Å². The second kappa shape index (κ2) is 8.34. The minimum absolute atomic E-state index is 0. The molecule has 0 aromatic rings. The number of alkyl halides is 5. The molecule has 2 nitrogen and oxygen atoms in total. The Morgan fingerprint density at radius 2 is 1.20 bits per heavy atom. The maximum absolute atomic E-state index is 8.66. The largest absolute Gasteiger partial charge is 0.433 e. The first kappa shape index (κ1) is 22.4. The summed E-state index contributed by atoms with van der Waals surface area (Å²) >= 11 is 26.3. The quantitative estimate of drug-likeness (QED) is 0.535. The first-order valence-corrected chi connectivity index (χ1v) is 8.93. The average molecular weight is 388 g/mol. The van der Waals surface area contributed by atoms with E-state index in [2.05, 4.69) is 0 Å². The van der Waals surface area contributed by atoms with Crippen LogP contribution in [-0.4, -0.2) is 33.0 Å². The maximum atomic E-state index is 8.66. The Labute approximate surface area is 129 Å². The van der Waals surface area contributed by atoms with E-state index < -0.39 is 23.1 Å². The zero-order valence-electron chi connectivity index (χ0n) is 8.70. The summed E-state index contributed by atoms with van der Waals surface area (Å²) in [4.78, 5) is 8.66. The zero-order valence-corrected chi connectivity index (χ0v) is 16.4. The normalized spacial score (nSPS) is 12.4. The molecule has 0 atom stereocenters. The number of rotatable bonds is 1. The molecule has 15 heavy (non-hydrogen) atoms. The van der Waals surface area contributed by atoms with Crippen LogP contribution in [0.2, 0.25) is 19.6 Å². The van der Waals surface area contributed by atoms with Crippen molar-refractivity contribution in [3.63, 3.8) is 0 Å². The Morgan fingerprint density at radius 1 is 1.00 bits per heavy atom. The fraction of sp³-hybridized carbons (Fsp3) is 1.00. The summed E-state index contributed by atoms with van der Waals surface area (Å²) in [5.74, 6) is 0. The van der Waals surface area contributed by atoms with Gasteiger partial charge in [0.25, 0.3) is 0 Å². The molecule has 9 heteroatoms. The molecular weight excluding hydrogens is 375 g/mol. The fourth-order valence-electron chi connectivity index (χ4n) is 0.0896. The molecular formula is C6H13Cl5O2SiZn. The van der Waals surface area contributed by atoms with Gasteiger partial charge in [-0.3, -0.25) is 0 Å². The molecule has 0 rings (SSSR count). The Hall–Kier alpha value is 2.21. The van der Waals surface area contributed by atoms with E-state index >= 15 is 0 Å². The van der Waals surface area contributed by atoms with Crippen molar-refractivity contribution in [3.8, 4) is 0 Å². The van der Waals surface area contributed by atoms with Crippen molar-refractivity contribution in [1.82, 2.24) is 0 Å². The molecule has 0 amide bonds. The number of hydrogen-bond donors (Lipinski definition) is 2. The third kappa shape index (κ3) is 16.2. The van der Waals surface area contributed by atoms with Gasteiger partial charge in [0.15, 0.2) is 12.7 Å². The third-order valence-electron chi connectivity index (χ3n) is 0.613. The molecule has 0 aromatic carbocycles. The van der Waals surface area contributed by atoms with Gasteiger partial charge in [0.1, 0.15) is 0 Å². The number of aliphatic hydroxyl groups excluding tert-OH is 1. The van der Waals surface area contributed by atoms with E-state index in [1.807, 2.05) is 19.6 Å². The SMILES string of the molecule is C[Si](C)(C)O.OCC(Cl)(Cl)C(Cl)(Cl)Cl.[Zn]. The van der Waals surface area contributed by atoms with Gasteiger partial charge in [-0.25, -0.2) is 0 Å². The summed E-state index contributed by atoms with van der Waals surface area (Å²) < 4.78 is -3.58. The van der Waals surface area contributed by atoms with Crippen molar-refractivity contribution in [2.75, 3.05) is 6.61 Å². The summed E-state index contributed by atoms with van der Waals surface area (Å²) in [6.07, 6.45) is 0. The molecule has 0 unspecified atom stereocenters. The van der Waals surface area contributed by atoms with Crippen LogP contribution in [0.15, 0.2) is 0 Å². The van der Waals surface area contributed by atoms with Gasteiger partial charge < -0.3 is 9.90 Å². The molecule has 0 saturated heterocycles. The van der Waals surface area contributed by atoms with Crippen LogP contribution in [-0.2, 0) is 19.5 Å². The van der Waals surface area contributed by atoms with Gasteiger partial charge in [0.05, 0.1) is 6.61 Å². The van der Waals surface area contributed by atoms with E-state index in [-0.39, 0.29) is 19.5 Å². The van der Waals surface area contributed by atoms with Gasteiger partial charge in [0.2, 0.25) is 3.79 Å². The molecule has 0 heterocycles. The van der Waals surface area contributed by atoms with E-state index in [9.17, 15) is 0 Å². The van der Waals surface area contributed by atoms with Gasteiger partial charge in [-0.2, -0.15) is 0 Å². The first-order valence-electron chi connectivity index (χ1n) is 3.59. The second-order valence-electron chi connectivity index (χ2n) is 3.53. The van der Waals surface area contributed by atoms with Gasteiger partial charge >= 0.3 is 0 Å². The monoisotopic (exact) mass is 384 g/mol. The van der Waals surface area contributed by atoms with E-state index in [0.717, 1.165) is 0 Å². The van der Waals surface area contributed by atoms with Gasteiger partial charge in [0, 0.05) is 19.5 Å². The van der Waals surface area contributed by atoms with Crippen LogP contribution in [0.5, 0.6) is 0 Å². The molecule has 2 N–H and O–H groups in total. The molecule has 0 aliphatic rings. The minimum Gasteiger partial charge on any atom is -0.433 e. The van der Waals surface area contributed by atoms with Gasteiger partial charge in [-0.15, -0.1) is 0 Å². The molecule has 0 aromatic heterocycles. The third-order valence-corrected chi connectivity index (χ3v) is 2.97. The molecule has 90 valence electrons. The Balaban J connectivity index is -0.000000208. The van der Waals surface area contributed by atoms with E-state index in [1.54, 1.807) is 0 Å². The average Bonchev–Trinajstić information content (AvgIpc) is 1.81. The molecule has 0 spiro atoms. The van der Waals surface area contributed by atoms with Crippen molar-refractivity contribution in [3.05, 3.63) is 0 Å². The molecule has 0 bridgehead atoms. The Kier molecular flexibility index (Phi) is 12.4. The van der Waals surface area contributed by atoms with E-state index in [0.29, 0.717) is 0 Å². The van der Waals surface area contributed by atoms with Crippen LogP contribution >= 0.6 is 58.0 Å². The Bertz CT molecular complexity index is 162. The standard InChI is InChI=1S/C3H3Cl5O.C3H10OSi.Zn/c4-2(5,1-9)3(6,7)8;1-5(2,3)4;/h9H,1H2;4H,1-3H3;. The van der Waals surface area contributed by atoms with Crippen LogP contribution in [0.1, 0.15) is 0 Å². The fourth-order valence-corrected chi connectivity index (χ4v) is 0.269. The molecule has 0 saturated carbocycles. The number of aliphatic hydroxyl groups is 1. The second-order valence-corrected chi connectivity index (χ2v) is 11.6. The first-order chi connectivity index (χ1) is 5.81. The summed E-state index contributed by atoms with van der Waals surface area (Å²) in [5, 5.41) is 8.41. The van der Waals surface area contributed by atoms with Crippen molar-refractivity contribution in [2.45, 2.75) is 27.8 Å². The molecule has 0 radical (unpaired) electrons.